The smallest absolute Gasteiger partial charge is 0.0794 e. The van der Waals surface area contributed by atoms with Crippen LogP contribution in [0.2, 0.25) is 0 Å². The molecular weight excluding hydrogens is 294 g/mol. The SMILES string of the molecule is CC1CCC(C(C)(C)Cc2cncs2)C(Br)C1. The van der Waals surface area contributed by atoms with Crippen molar-refractivity contribution in [2.45, 2.75) is 51.3 Å². The number of halogens is 1. The van der Waals surface area contributed by atoms with Crippen LogP contribution in [0.3, 0.4) is 0 Å². The van der Waals surface area contributed by atoms with Crippen LogP contribution in [0.15, 0.2) is 11.7 Å². The molecule has 1 aromatic rings. The fourth-order valence-corrected chi connectivity index (χ4v) is 5.55. The molecular formula is C14H22BrNS. The molecule has 1 aromatic heterocycles. The molecule has 1 heterocycles. The maximum atomic E-state index is 4.19. The molecule has 1 aliphatic carbocycles. The lowest BCUT2D eigenvalue weighted by Crippen LogP contribution is -2.36. The van der Waals surface area contributed by atoms with E-state index in [-0.39, 0.29) is 0 Å². The molecule has 1 fully saturated rings. The van der Waals surface area contributed by atoms with Crippen molar-refractivity contribution in [1.29, 1.82) is 0 Å². The van der Waals surface area contributed by atoms with E-state index in [1.165, 1.54) is 30.6 Å². The third-order valence-electron chi connectivity index (χ3n) is 4.15. The van der Waals surface area contributed by atoms with Gasteiger partial charge < -0.3 is 0 Å². The van der Waals surface area contributed by atoms with Gasteiger partial charge in [-0.25, -0.2) is 0 Å². The molecule has 0 radical (unpaired) electrons. The summed E-state index contributed by atoms with van der Waals surface area (Å²) in [7, 11) is 0. The Balaban J connectivity index is 2.04. The third kappa shape index (κ3) is 3.31. The summed E-state index contributed by atoms with van der Waals surface area (Å²) in [4.78, 5) is 6.30. The van der Waals surface area contributed by atoms with Gasteiger partial charge in [-0.15, -0.1) is 11.3 Å². The summed E-state index contributed by atoms with van der Waals surface area (Å²) >= 11 is 5.71. The van der Waals surface area contributed by atoms with Gasteiger partial charge in [0.05, 0.1) is 5.51 Å². The van der Waals surface area contributed by atoms with Gasteiger partial charge in [-0.05, 0) is 36.5 Å². The van der Waals surface area contributed by atoms with Gasteiger partial charge >= 0.3 is 0 Å². The van der Waals surface area contributed by atoms with E-state index in [1.807, 2.05) is 11.7 Å². The van der Waals surface area contributed by atoms with Crippen molar-refractivity contribution in [3.8, 4) is 0 Å². The molecule has 0 aromatic carbocycles. The van der Waals surface area contributed by atoms with Crippen molar-refractivity contribution < 1.29 is 0 Å². The summed E-state index contributed by atoms with van der Waals surface area (Å²) in [6.45, 7) is 7.21. The van der Waals surface area contributed by atoms with Gasteiger partial charge in [0.25, 0.3) is 0 Å². The highest BCUT2D eigenvalue weighted by Crippen LogP contribution is 2.45. The second kappa shape index (κ2) is 5.40. The van der Waals surface area contributed by atoms with Crippen molar-refractivity contribution in [2.75, 3.05) is 0 Å². The average molecular weight is 316 g/mol. The number of rotatable bonds is 3. The van der Waals surface area contributed by atoms with Gasteiger partial charge in [-0.1, -0.05) is 43.1 Å². The van der Waals surface area contributed by atoms with Crippen LogP contribution in [0.4, 0.5) is 0 Å². The normalized spacial score (nSPS) is 30.5. The predicted molar refractivity (Wildman–Crippen MR) is 78.8 cm³/mol. The fraction of sp³-hybridized carbons (Fsp3) is 0.786. The van der Waals surface area contributed by atoms with E-state index >= 15 is 0 Å². The third-order valence-corrected chi connectivity index (χ3v) is 5.94. The molecule has 1 saturated carbocycles. The van der Waals surface area contributed by atoms with Crippen molar-refractivity contribution >= 4 is 27.3 Å². The van der Waals surface area contributed by atoms with Crippen molar-refractivity contribution in [2.24, 2.45) is 17.3 Å². The van der Waals surface area contributed by atoms with Crippen molar-refractivity contribution in [3.05, 3.63) is 16.6 Å². The molecule has 0 N–H and O–H groups in total. The average Bonchev–Trinajstić information content (AvgIpc) is 2.68. The van der Waals surface area contributed by atoms with Gasteiger partial charge in [0.1, 0.15) is 0 Å². The van der Waals surface area contributed by atoms with E-state index in [2.05, 4.69) is 41.7 Å². The molecule has 3 unspecified atom stereocenters. The Kier molecular flexibility index (Phi) is 4.30. The summed E-state index contributed by atoms with van der Waals surface area (Å²) < 4.78 is 0. The predicted octanol–water partition coefficient (Wildman–Crippen LogP) is 4.91. The van der Waals surface area contributed by atoms with E-state index in [9.17, 15) is 0 Å². The summed E-state index contributed by atoms with van der Waals surface area (Å²) in [5.41, 5.74) is 2.32. The molecule has 2 rings (SSSR count). The molecule has 3 atom stereocenters. The number of aromatic nitrogens is 1. The highest BCUT2D eigenvalue weighted by molar-refractivity contribution is 9.09. The topological polar surface area (TPSA) is 12.9 Å². The minimum absolute atomic E-state index is 0.376. The van der Waals surface area contributed by atoms with Crippen LogP contribution in [-0.2, 0) is 6.42 Å². The van der Waals surface area contributed by atoms with Crippen molar-refractivity contribution in [3.63, 3.8) is 0 Å². The molecule has 0 spiro atoms. The summed E-state index contributed by atoms with van der Waals surface area (Å²) in [6, 6.07) is 0. The van der Waals surface area contributed by atoms with E-state index in [0.29, 0.717) is 10.2 Å². The Hall–Kier alpha value is 0.110. The lowest BCUT2D eigenvalue weighted by atomic mass is 9.67. The minimum Gasteiger partial charge on any atom is -0.253 e. The first-order chi connectivity index (χ1) is 7.99. The van der Waals surface area contributed by atoms with E-state index in [1.54, 1.807) is 11.3 Å². The van der Waals surface area contributed by atoms with Gasteiger partial charge in [-0.3, -0.25) is 4.98 Å². The van der Waals surface area contributed by atoms with Crippen LogP contribution < -0.4 is 0 Å². The van der Waals surface area contributed by atoms with Gasteiger partial charge in [0.2, 0.25) is 0 Å². The zero-order chi connectivity index (χ0) is 12.5. The number of hydrogen-bond donors (Lipinski definition) is 0. The lowest BCUT2D eigenvalue weighted by molar-refractivity contribution is 0.148. The summed E-state index contributed by atoms with van der Waals surface area (Å²) in [5, 5.41) is 0. The maximum absolute atomic E-state index is 4.19. The number of nitrogens with zero attached hydrogens (tertiary/aromatic N) is 1. The quantitative estimate of drug-likeness (QED) is 0.722. The first-order valence-electron chi connectivity index (χ1n) is 6.50. The molecule has 96 valence electrons. The fourth-order valence-electron chi connectivity index (χ4n) is 3.10. The van der Waals surface area contributed by atoms with Gasteiger partial charge in [0.15, 0.2) is 0 Å². The summed E-state index contributed by atoms with van der Waals surface area (Å²) in [6.07, 6.45) is 7.28. The van der Waals surface area contributed by atoms with Crippen LogP contribution in [0, 0.1) is 17.3 Å². The monoisotopic (exact) mass is 315 g/mol. The number of hydrogen-bond acceptors (Lipinski definition) is 2. The molecule has 1 aliphatic rings. The Morgan fingerprint density at radius 1 is 1.47 bits per heavy atom. The first-order valence-corrected chi connectivity index (χ1v) is 8.30. The zero-order valence-corrected chi connectivity index (χ0v) is 13.4. The first kappa shape index (κ1) is 13.5. The van der Waals surface area contributed by atoms with Gasteiger partial charge in [0, 0.05) is 15.9 Å². The van der Waals surface area contributed by atoms with Crippen LogP contribution in [0.5, 0.6) is 0 Å². The molecule has 0 aliphatic heterocycles. The minimum atomic E-state index is 0.376. The van der Waals surface area contributed by atoms with E-state index in [0.717, 1.165) is 11.8 Å². The zero-order valence-electron chi connectivity index (χ0n) is 10.9. The lowest BCUT2D eigenvalue weighted by Gasteiger charge is -2.42. The molecule has 0 amide bonds. The highest BCUT2D eigenvalue weighted by Gasteiger charge is 2.37. The molecule has 3 heteroatoms. The number of thiazole rings is 1. The Bertz CT molecular complexity index is 347. The van der Waals surface area contributed by atoms with E-state index in [4.69, 9.17) is 0 Å². The van der Waals surface area contributed by atoms with Gasteiger partial charge in [-0.2, -0.15) is 0 Å². The van der Waals surface area contributed by atoms with Crippen LogP contribution in [0.1, 0.15) is 44.9 Å². The molecule has 0 saturated heterocycles. The van der Waals surface area contributed by atoms with Crippen LogP contribution in [-0.4, -0.2) is 9.81 Å². The second-order valence-electron chi connectivity index (χ2n) is 6.17. The second-order valence-corrected chi connectivity index (χ2v) is 8.32. The Morgan fingerprint density at radius 2 is 2.24 bits per heavy atom. The molecule has 17 heavy (non-hydrogen) atoms. The standard InChI is InChI=1S/C14H22BrNS/c1-10-4-5-12(13(15)6-10)14(2,3)7-11-8-16-9-17-11/h8-10,12-13H,4-7H2,1-3H3. The molecule has 0 bridgehead atoms. The highest BCUT2D eigenvalue weighted by atomic mass is 79.9. The largest absolute Gasteiger partial charge is 0.253 e. The van der Waals surface area contributed by atoms with Crippen LogP contribution in [0.25, 0.3) is 0 Å². The van der Waals surface area contributed by atoms with E-state index < -0.39 is 0 Å². The van der Waals surface area contributed by atoms with Crippen molar-refractivity contribution in [1.82, 2.24) is 4.98 Å². The molecule has 1 nitrogen and oxygen atoms in total. The maximum Gasteiger partial charge on any atom is 0.0794 e. The number of alkyl halides is 1. The summed E-state index contributed by atoms with van der Waals surface area (Å²) in [5.74, 6) is 1.68. The Labute approximate surface area is 117 Å². The Morgan fingerprint density at radius 3 is 2.82 bits per heavy atom. The van der Waals surface area contributed by atoms with Crippen LogP contribution >= 0.6 is 27.3 Å².